The summed E-state index contributed by atoms with van der Waals surface area (Å²) in [6.07, 6.45) is 0.173. The zero-order valence-electron chi connectivity index (χ0n) is 15.6. The molecule has 7 heteroatoms. The van der Waals surface area contributed by atoms with E-state index in [1.54, 1.807) is 42.5 Å². The lowest BCUT2D eigenvalue weighted by Crippen LogP contribution is -2.48. The van der Waals surface area contributed by atoms with Crippen molar-refractivity contribution in [3.8, 4) is 0 Å². The standard InChI is InChI=1S/C23H16Cl2N2O3/c24-15-11-16(25)13-17(12-15)26-21(28)20(10-14-6-2-1-3-7-14)27-22(29)18-8-4-5-9-19(18)23(27)30/h1-9,11-13,20H,10H2,(H,26,28)/t20-/m0/s1. The molecule has 4 rings (SSSR count). The summed E-state index contributed by atoms with van der Waals surface area (Å²) in [5.41, 5.74) is 1.78. The van der Waals surface area contributed by atoms with E-state index in [4.69, 9.17) is 23.2 Å². The van der Waals surface area contributed by atoms with Gasteiger partial charge in [-0.05, 0) is 35.9 Å². The number of fused-ring (bicyclic) bond motifs is 1. The number of imide groups is 1. The Kier molecular flexibility index (Phi) is 5.57. The number of rotatable bonds is 5. The van der Waals surface area contributed by atoms with Gasteiger partial charge in [-0.25, -0.2) is 0 Å². The zero-order chi connectivity index (χ0) is 21.3. The molecule has 3 aromatic carbocycles. The third kappa shape index (κ3) is 3.95. The Hall–Kier alpha value is -3.15. The predicted molar refractivity (Wildman–Crippen MR) is 116 cm³/mol. The second kappa shape index (κ2) is 8.30. The second-order valence-corrected chi connectivity index (χ2v) is 7.75. The molecule has 0 unspecified atom stereocenters. The number of carbonyl (C=O) groups excluding carboxylic acids is 3. The van der Waals surface area contributed by atoms with E-state index in [0.717, 1.165) is 10.5 Å². The average Bonchev–Trinajstić information content (AvgIpc) is 2.97. The number of hydrogen-bond acceptors (Lipinski definition) is 3. The fourth-order valence-corrected chi connectivity index (χ4v) is 4.01. The van der Waals surface area contributed by atoms with Gasteiger partial charge < -0.3 is 5.32 Å². The van der Waals surface area contributed by atoms with Gasteiger partial charge in [0.25, 0.3) is 11.8 Å². The molecular formula is C23H16Cl2N2O3. The minimum atomic E-state index is -1.04. The Labute approximate surface area is 183 Å². The third-order valence-electron chi connectivity index (χ3n) is 4.84. The predicted octanol–water partition coefficient (Wildman–Crippen LogP) is 4.84. The van der Waals surface area contributed by atoms with Crippen molar-refractivity contribution in [1.82, 2.24) is 4.90 Å². The maximum atomic E-state index is 13.2. The summed E-state index contributed by atoms with van der Waals surface area (Å²) in [4.78, 5) is 40.2. The summed E-state index contributed by atoms with van der Waals surface area (Å²) in [5.74, 6) is -1.49. The first-order valence-electron chi connectivity index (χ1n) is 9.22. The molecule has 1 N–H and O–H groups in total. The highest BCUT2D eigenvalue weighted by atomic mass is 35.5. The monoisotopic (exact) mass is 438 g/mol. The van der Waals surface area contributed by atoms with Crippen molar-refractivity contribution >= 4 is 46.6 Å². The molecule has 1 heterocycles. The lowest BCUT2D eigenvalue weighted by molar-refractivity contribution is -0.119. The van der Waals surface area contributed by atoms with Gasteiger partial charge in [-0.3, -0.25) is 19.3 Å². The summed E-state index contributed by atoms with van der Waals surface area (Å²) >= 11 is 12.0. The molecule has 3 amide bonds. The van der Waals surface area contributed by atoms with Crippen molar-refractivity contribution in [3.05, 3.63) is 99.5 Å². The van der Waals surface area contributed by atoms with E-state index in [1.165, 1.54) is 0 Å². The molecule has 5 nitrogen and oxygen atoms in total. The Balaban J connectivity index is 1.69. The topological polar surface area (TPSA) is 66.5 Å². The van der Waals surface area contributed by atoms with Gasteiger partial charge >= 0.3 is 0 Å². The van der Waals surface area contributed by atoms with Gasteiger partial charge in [-0.1, -0.05) is 65.7 Å². The first-order chi connectivity index (χ1) is 14.4. The fraction of sp³-hybridized carbons (Fsp3) is 0.0870. The first kappa shape index (κ1) is 20.1. The SMILES string of the molecule is O=C(Nc1cc(Cl)cc(Cl)c1)[C@H](Cc1ccccc1)N1C(=O)c2ccccc2C1=O. The van der Waals surface area contributed by atoms with Crippen LogP contribution in [-0.2, 0) is 11.2 Å². The van der Waals surface area contributed by atoms with Crippen molar-refractivity contribution in [2.75, 3.05) is 5.32 Å². The molecule has 0 bridgehead atoms. The van der Waals surface area contributed by atoms with E-state index >= 15 is 0 Å². The van der Waals surface area contributed by atoms with E-state index in [0.29, 0.717) is 26.9 Å². The highest BCUT2D eigenvalue weighted by Gasteiger charge is 2.42. The lowest BCUT2D eigenvalue weighted by Gasteiger charge is -2.25. The Morgan fingerprint density at radius 1 is 0.833 bits per heavy atom. The van der Waals surface area contributed by atoms with Gasteiger partial charge in [-0.2, -0.15) is 0 Å². The van der Waals surface area contributed by atoms with E-state index in [2.05, 4.69) is 5.32 Å². The van der Waals surface area contributed by atoms with Gasteiger partial charge in [0.15, 0.2) is 0 Å². The molecule has 0 aromatic heterocycles. The van der Waals surface area contributed by atoms with E-state index in [-0.39, 0.29) is 6.42 Å². The van der Waals surface area contributed by atoms with Crippen molar-refractivity contribution in [2.45, 2.75) is 12.5 Å². The average molecular weight is 439 g/mol. The number of benzene rings is 3. The normalized spacial score (nSPS) is 13.9. The third-order valence-corrected chi connectivity index (χ3v) is 5.28. The van der Waals surface area contributed by atoms with Gasteiger partial charge in [0.1, 0.15) is 6.04 Å². The molecule has 1 atom stereocenters. The Bertz CT molecular complexity index is 1090. The molecule has 1 aliphatic heterocycles. The van der Waals surface area contributed by atoms with Crippen molar-refractivity contribution in [1.29, 1.82) is 0 Å². The molecule has 0 fully saturated rings. The van der Waals surface area contributed by atoms with Crippen LogP contribution >= 0.6 is 23.2 Å². The molecule has 1 aliphatic rings. The number of hydrogen-bond donors (Lipinski definition) is 1. The molecule has 0 aliphatic carbocycles. The molecule has 0 saturated heterocycles. The number of nitrogens with zero attached hydrogens (tertiary/aromatic N) is 1. The second-order valence-electron chi connectivity index (χ2n) is 6.88. The van der Waals surface area contributed by atoms with Crippen LogP contribution in [0.15, 0.2) is 72.8 Å². The van der Waals surface area contributed by atoms with Crippen LogP contribution in [0.4, 0.5) is 5.69 Å². The summed E-state index contributed by atoms with van der Waals surface area (Å²) in [6.45, 7) is 0. The summed E-state index contributed by atoms with van der Waals surface area (Å²) < 4.78 is 0. The molecule has 0 radical (unpaired) electrons. The van der Waals surface area contributed by atoms with E-state index in [1.807, 2.05) is 30.3 Å². The lowest BCUT2D eigenvalue weighted by atomic mass is 10.0. The van der Waals surface area contributed by atoms with Crippen LogP contribution in [0, 0.1) is 0 Å². The number of halogens is 2. The summed E-state index contributed by atoms with van der Waals surface area (Å²) in [7, 11) is 0. The highest BCUT2D eigenvalue weighted by Crippen LogP contribution is 2.28. The molecule has 30 heavy (non-hydrogen) atoms. The number of nitrogens with one attached hydrogen (secondary N) is 1. The fourth-order valence-electron chi connectivity index (χ4n) is 3.48. The first-order valence-corrected chi connectivity index (χ1v) is 9.97. The molecule has 0 spiro atoms. The van der Waals surface area contributed by atoms with Crippen LogP contribution in [0.3, 0.4) is 0 Å². The van der Waals surface area contributed by atoms with Crippen LogP contribution < -0.4 is 5.32 Å². The quantitative estimate of drug-likeness (QED) is 0.579. The maximum absolute atomic E-state index is 13.2. The molecular weight excluding hydrogens is 423 g/mol. The smallest absolute Gasteiger partial charge is 0.262 e. The van der Waals surface area contributed by atoms with Gasteiger partial charge in [0.2, 0.25) is 5.91 Å². The van der Waals surface area contributed by atoms with Crippen LogP contribution in [0.2, 0.25) is 10.0 Å². The largest absolute Gasteiger partial charge is 0.324 e. The van der Waals surface area contributed by atoms with Gasteiger partial charge in [0, 0.05) is 22.2 Å². The summed E-state index contributed by atoms with van der Waals surface area (Å²) in [5, 5.41) is 3.45. The zero-order valence-corrected chi connectivity index (χ0v) is 17.2. The summed E-state index contributed by atoms with van der Waals surface area (Å²) in [6, 6.07) is 19.4. The van der Waals surface area contributed by atoms with Crippen molar-refractivity contribution in [2.24, 2.45) is 0 Å². The van der Waals surface area contributed by atoms with Crippen LogP contribution in [0.1, 0.15) is 26.3 Å². The molecule has 3 aromatic rings. The van der Waals surface area contributed by atoms with Crippen LogP contribution in [0.5, 0.6) is 0 Å². The number of amides is 3. The van der Waals surface area contributed by atoms with Crippen LogP contribution in [-0.4, -0.2) is 28.7 Å². The van der Waals surface area contributed by atoms with Crippen molar-refractivity contribution < 1.29 is 14.4 Å². The van der Waals surface area contributed by atoms with E-state index < -0.39 is 23.8 Å². The number of anilines is 1. The van der Waals surface area contributed by atoms with E-state index in [9.17, 15) is 14.4 Å². The van der Waals surface area contributed by atoms with Crippen molar-refractivity contribution in [3.63, 3.8) is 0 Å². The number of carbonyl (C=O) groups is 3. The van der Waals surface area contributed by atoms with Gasteiger partial charge in [0.05, 0.1) is 11.1 Å². The minimum Gasteiger partial charge on any atom is -0.324 e. The van der Waals surface area contributed by atoms with Crippen LogP contribution in [0.25, 0.3) is 0 Å². The maximum Gasteiger partial charge on any atom is 0.262 e. The highest BCUT2D eigenvalue weighted by molar-refractivity contribution is 6.35. The Morgan fingerprint density at radius 2 is 1.37 bits per heavy atom. The van der Waals surface area contributed by atoms with Gasteiger partial charge in [-0.15, -0.1) is 0 Å². The molecule has 0 saturated carbocycles. The minimum absolute atomic E-state index is 0.173. The Morgan fingerprint density at radius 3 is 1.93 bits per heavy atom. The molecule has 150 valence electrons.